The molecule has 9 nitrogen and oxygen atoms in total. The van der Waals surface area contributed by atoms with Crippen molar-refractivity contribution in [1.82, 2.24) is 24.9 Å². The Balaban J connectivity index is 1.28. The standard InChI is InChI=1S/C24H23N5O4/c1-27(14-17-13-25-29(15-17)18-7-3-2-4-8-18)21(30)16-28-22(31)24(26-23(28)32)11-12-33-20-10-6-5-9-19(20)24/h2-10,13,15H,11-12,14,16H2,1H3,(H,26,32)/t24-/m1/s1. The van der Waals surface area contributed by atoms with Gasteiger partial charge in [0.25, 0.3) is 5.91 Å². The Morgan fingerprint density at radius 3 is 2.73 bits per heavy atom. The minimum absolute atomic E-state index is 0.302. The number of nitrogens with one attached hydrogen (secondary N) is 1. The number of aromatic nitrogens is 2. The maximum absolute atomic E-state index is 13.3. The van der Waals surface area contributed by atoms with Gasteiger partial charge in [0.2, 0.25) is 5.91 Å². The number of imide groups is 1. The third-order valence-corrected chi connectivity index (χ3v) is 6.05. The SMILES string of the molecule is CN(Cc1cnn(-c2ccccc2)c1)C(=O)CN1C(=O)N[C@@]2(CCOc3ccccc32)C1=O. The quantitative estimate of drug-likeness (QED) is 0.607. The molecule has 1 fully saturated rings. The van der Waals surface area contributed by atoms with Gasteiger partial charge in [0.1, 0.15) is 12.3 Å². The average molecular weight is 445 g/mol. The predicted octanol–water partition coefficient (Wildman–Crippen LogP) is 2.06. The van der Waals surface area contributed by atoms with E-state index >= 15 is 0 Å². The second-order valence-electron chi connectivity index (χ2n) is 8.20. The Kier molecular flexibility index (Phi) is 5.08. The molecular weight excluding hydrogens is 422 g/mol. The highest BCUT2D eigenvalue weighted by Crippen LogP contribution is 2.40. The van der Waals surface area contributed by atoms with Gasteiger partial charge in [0.15, 0.2) is 5.54 Å². The van der Waals surface area contributed by atoms with Gasteiger partial charge in [-0.1, -0.05) is 36.4 Å². The first-order chi connectivity index (χ1) is 16.0. The van der Waals surface area contributed by atoms with E-state index in [0.717, 1.165) is 16.2 Å². The van der Waals surface area contributed by atoms with Crippen LogP contribution in [0.15, 0.2) is 67.0 Å². The number of hydrogen-bond acceptors (Lipinski definition) is 5. The molecule has 1 spiro atoms. The van der Waals surface area contributed by atoms with Crippen LogP contribution in [0.3, 0.4) is 0 Å². The molecule has 1 aromatic heterocycles. The van der Waals surface area contributed by atoms with E-state index in [4.69, 9.17) is 4.74 Å². The highest BCUT2D eigenvalue weighted by atomic mass is 16.5. The summed E-state index contributed by atoms with van der Waals surface area (Å²) < 4.78 is 7.38. The first-order valence-corrected chi connectivity index (χ1v) is 10.7. The van der Waals surface area contributed by atoms with Crippen molar-refractivity contribution in [2.45, 2.75) is 18.5 Å². The number of rotatable bonds is 5. The van der Waals surface area contributed by atoms with Crippen molar-refractivity contribution in [3.8, 4) is 11.4 Å². The zero-order chi connectivity index (χ0) is 23.0. The minimum atomic E-state index is -1.19. The normalized spacial score (nSPS) is 19.2. The molecule has 0 radical (unpaired) electrons. The summed E-state index contributed by atoms with van der Waals surface area (Å²) in [7, 11) is 1.64. The number of benzene rings is 2. The molecule has 5 rings (SSSR count). The number of carbonyl (C=O) groups is 3. The molecular formula is C24H23N5O4. The number of hydrogen-bond donors (Lipinski definition) is 1. The lowest BCUT2D eigenvalue weighted by Crippen LogP contribution is -2.48. The lowest BCUT2D eigenvalue weighted by molar-refractivity contribution is -0.139. The van der Waals surface area contributed by atoms with Crippen molar-refractivity contribution in [2.75, 3.05) is 20.2 Å². The number of likely N-dealkylation sites (N-methyl/N-ethyl adjacent to an activating group) is 1. The monoisotopic (exact) mass is 445 g/mol. The predicted molar refractivity (Wildman–Crippen MR) is 119 cm³/mol. The molecule has 1 N–H and O–H groups in total. The van der Waals surface area contributed by atoms with Gasteiger partial charge in [-0.15, -0.1) is 0 Å². The van der Waals surface area contributed by atoms with Gasteiger partial charge in [-0.25, -0.2) is 9.48 Å². The fraction of sp³-hybridized carbons (Fsp3) is 0.250. The second kappa shape index (κ2) is 8.09. The Morgan fingerprint density at radius 1 is 1.15 bits per heavy atom. The van der Waals surface area contributed by atoms with Crippen LogP contribution in [-0.2, 0) is 21.7 Å². The fourth-order valence-corrected chi connectivity index (χ4v) is 4.30. The summed E-state index contributed by atoms with van der Waals surface area (Å²) in [6, 6.07) is 16.2. The summed E-state index contributed by atoms with van der Waals surface area (Å²) in [6.07, 6.45) is 3.85. The Labute approximate surface area is 190 Å². The number of nitrogens with zero attached hydrogens (tertiary/aromatic N) is 4. The summed E-state index contributed by atoms with van der Waals surface area (Å²) in [4.78, 5) is 41.4. The average Bonchev–Trinajstić information content (AvgIpc) is 3.39. The zero-order valence-electron chi connectivity index (χ0n) is 18.1. The van der Waals surface area contributed by atoms with Gasteiger partial charge in [0.05, 0.1) is 18.5 Å². The molecule has 3 heterocycles. The highest BCUT2D eigenvalue weighted by Gasteiger charge is 2.55. The largest absolute Gasteiger partial charge is 0.493 e. The summed E-state index contributed by atoms with van der Waals surface area (Å²) >= 11 is 0. The van der Waals surface area contributed by atoms with Crippen LogP contribution < -0.4 is 10.1 Å². The molecule has 33 heavy (non-hydrogen) atoms. The first-order valence-electron chi connectivity index (χ1n) is 10.7. The fourth-order valence-electron chi connectivity index (χ4n) is 4.30. The zero-order valence-corrected chi connectivity index (χ0v) is 18.1. The summed E-state index contributed by atoms with van der Waals surface area (Å²) in [6.45, 7) is 0.270. The van der Waals surface area contributed by atoms with Crippen molar-refractivity contribution < 1.29 is 19.1 Å². The molecule has 2 aliphatic rings. The van der Waals surface area contributed by atoms with Crippen LogP contribution in [-0.4, -0.2) is 57.6 Å². The molecule has 0 unspecified atom stereocenters. The summed E-state index contributed by atoms with van der Waals surface area (Å²) in [5.74, 6) is -0.205. The number of fused-ring (bicyclic) bond motifs is 2. The molecule has 0 aliphatic carbocycles. The molecule has 9 heteroatoms. The molecule has 168 valence electrons. The van der Waals surface area contributed by atoms with Crippen LogP contribution in [0, 0.1) is 0 Å². The van der Waals surface area contributed by atoms with E-state index in [0.29, 0.717) is 30.9 Å². The van der Waals surface area contributed by atoms with E-state index in [1.165, 1.54) is 4.90 Å². The lowest BCUT2D eigenvalue weighted by Gasteiger charge is -2.33. The second-order valence-corrected chi connectivity index (χ2v) is 8.20. The topological polar surface area (TPSA) is 96.8 Å². The minimum Gasteiger partial charge on any atom is -0.493 e. The van der Waals surface area contributed by atoms with Crippen molar-refractivity contribution in [1.29, 1.82) is 0 Å². The van der Waals surface area contributed by atoms with E-state index in [1.807, 2.05) is 42.6 Å². The molecule has 0 bridgehead atoms. The molecule has 2 aromatic carbocycles. The van der Waals surface area contributed by atoms with Crippen LogP contribution >= 0.6 is 0 Å². The smallest absolute Gasteiger partial charge is 0.325 e. The third-order valence-electron chi connectivity index (χ3n) is 6.05. The van der Waals surface area contributed by atoms with Crippen molar-refractivity contribution in [3.63, 3.8) is 0 Å². The molecule has 2 aliphatic heterocycles. The van der Waals surface area contributed by atoms with E-state index in [-0.39, 0.29) is 12.5 Å². The molecule has 4 amide bonds. The number of urea groups is 1. The van der Waals surface area contributed by atoms with Gasteiger partial charge < -0.3 is 15.0 Å². The van der Waals surface area contributed by atoms with Gasteiger partial charge in [-0.2, -0.15) is 5.10 Å². The summed E-state index contributed by atoms with van der Waals surface area (Å²) in [5, 5.41) is 7.16. The van der Waals surface area contributed by atoms with Crippen molar-refractivity contribution in [3.05, 3.63) is 78.1 Å². The van der Waals surface area contributed by atoms with Gasteiger partial charge in [-0.3, -0.25) is 14.5 Å². The van der Waals surface area contributed by atoms with Crippen molar-refractivity contribution >= 4 is 17.8 Å². The number of ether oxygens (including phenoxy) is 1. The number of carbonyl (C=O) groups excluding carboxylic acids is 3. The molecule has 3 aromatic rings. The van der Waals surface area contributed by atoms with Crippen molar-refractivity contribution in [2.24, 2.45) is 0 Å². The van der Waals surface area contributed by atoms with E-state index in [2.05, 4.69) is 10.4 Å². The maximum Gasteiger partial charge on any atom is 0.325 e. The maximum atomic E-state index is 13.3. The van der Waals surface area contributed by atoms with E-state index < -0.39 is 17.5 Å². The highest BCUT2D eigenvalue weighted by molar-refractivity contribution is 6.09. The number of amides is 4. The van der Waals surface area contributed by atoms with Gasteiger partial charge in [-0.05, 0) is 18.2 Å². The Morgan fingerprint density at radius 2 is 1.91 bits per heavy atom. The molecule has 1 saturated heterocycles. The van der Waals surface area contributed by atoms with Crippen LogP contribution in [0.1, 0.15) is 17.5 Å². The third kappa shape index (κ3) is 3.61. The Bertz CT molecular complexity index is 1220. The Hall–Kier alpha value is -4.14. The van der Waals surface area contributed by atoms with Crippen LogP contribution in [0.25, 0.3) is 5.69 Å². The van der Waals surface area contributed by atoms with Crippen LogP contribution in [0.5, 0.6) is 5.75 Å². The lowest BCUT2D eigenvalue weighted by atomic mass is 9.84. The van der Waals surface area contributed by atoms with Gasteiger partial charge >= 0.3 is 6.03 Å². The summed E-state index contributed by atoms with van der Waals surface area (Å²) in [5.41, 5.74) is 1.17. The van der Waals surface area contributed by atoms with Crippen LogP contribution in [0.4, 0.5) is 4.79 Å². The number of para-hydroxylation sites is 2. The molecule has 0 saturated carbocycles. The van der Waals surface area contributed by atoms with Gasteiger partial charge in [0, 0.05) is 37.3 Å². The first kappa shape index (κ1) is 20.7. The van der Waals surface area contributed by atoms with Crippen LogP contribution in [0.2, 0.25) is 0 Å². The van der Waals surface area contributed by atoms with E-state index in [9.17, 15) is 14.4 Å². The molecule has 1 atom stereocenters. The van der Waals surface area contributed by atoms with E-state index in [1.54, 1.807) is 36.1 Å².